The molecule has 2 saturated heterocycles. The lowest BCUT2D eigenvalue weighted by Gasteiger charge is -2.30. The zero-order chi connectivity index (χ0) is 80.8. The number of rotatable bonds is 26. The maximum atomic E-state index is 15.4. The van der Waals surface area contributed by atoms with Crippen LogP contribution in [-0.2, 0) is 113 Å². The molecule has 0 radical (unpaired) electrons. The number of aromatic nitrogens is 2. The second-order valence-corrected chi connectivity index (χ2v) is 26.4. The van der Waals surface area contributed by atoms with Gasteiger partial charge in [-0.15, -0.1) is 0 Å². The minimum atomic E-state index is -5.81. The van der Waals surface area contributed by atoms with Gasteiger partial charge >= 0.3 is 37.7 Å². The zero-order valence-corrected chi connectivity index (χ0v) is 59.2. The lowest BCUT2D eigenvalue weighted by atomic mass is 10.0. The lowest BCUT2D eigenvalue weighted by Crippen LogP contribution is -2.63. The van der Waals surface area contributed by atoms with Crippen molar-refractivity contribution in [3.05, 3.63) is 102 Å². The number of phosphoric ester groups is 1. The molecule has 2 aromatic heterocycles. The molecule has 14 atom stereocenters. The van der Waals surface area contributed by atoms with E-state index in [4.69, 9.17) is 19.9 Å². The number of esters is 1. The maximum absolute atomic E-state index is 15.4. The monoisotopic (exact) mass is 1560 g/mol. The van der Waals surface area contributed by atoms with Crippen LogP contribution in [0.25, 0.3) is 21.8 Å². The van der Waals surface area contributed by atoms with Crippen LogP contribution in [0.4, 0.5) is 0 Å². The number of benzene rings is 3. The van der Waals surface area contributed by atoms with Crippen LogP contribution in [0, 0.1) is 0 Å². The molecule has 0 bridgehead atoms. The number of aliphatic carboxylic acids is 4. The highest BCUT2D eigenvalue weighted by molar-refractivity contribution is 7.46. The summed E-state index contributed by atoms with van der Waals surface area (Å²) in [5, 5.41) is 85.4. The minimum absolute atomic E-state index is 0.216. The Kier molecular flexibility index (Phi) is 30.4. The number of amides is 11. The molecule has 0 aliphatic carbocycles. The Morgan fingerprint density at radius 2 is 1.11 bits per heavy atom. The van der Waals surface area contributed by atoms with Gasteiger partial charge in [-0.05, 0) is 60.7 Å². The Hall–Kier alpha value is -12.0. The first-order chi connectivity index (χ1) is 52.1. The van der Waals surface area contributed by atoms with Crippen molar-refractivity contribution in [1.29, 1.82) is 0 Å². The third-order valence-corrected chi connectivity index (χ3v) is 17.6. The van der Waals surface area contributed by atoms with Gasteiger partial charge < -0.3 is 123 Å². The molecule has 43 nitrogen and oxygen atoms in total. The number of carboxylic acid groups (broad SMARTS) is 4. The van der Waals surface area contributed by atoms with E-state index < -0.39 is 258 Å². The first kappa shape index (κ1) is 85.3. The zero-order valence-electron chi connectivity index (χ0n) is 58.3. The van der Waals surface area contributed by atoms with E-state index in [1.807, 2.05) is 21.3 Å². The molecule has 3 aromatic carbocycles. The largest absolute Gasteiger partial charge is 0.508 e. The van der Waals surface area contributed by atoms with Crippen molar-refractivity contribution < 1.29 is 141 Å². The summed E-state index contributed by atoms with van der Waals surface area (Å²) in [6.07, 6.45) is -9.70. The van der Waals surface area contributed by atoms with Gasteiger partial charge in [0.2, 0.25) is 59.1 Å². The number of nitrogens with one attached hydrogen (secondary N) is 13. The van der Waals surface area contributed by atoms with Crippen LogP contribution in [0.1, 0.15) is 81.5 Å². The molecule has 3 unspecified atom stereocenters. The third-order valence-electron chi connectivity index (χ3n) is 17.0. The number of cyclic esters (lactones) is 1. The number of carbonyl (C=O) groups excluding carboxylic acids is 12. The average Bonchev–Trinajstić information content (AvgIpc) is 1.59. The number of epoxide rings is 1. The van der Waals surface area contributed by atoms with Crippen LogP contribution in [0.5, 0.6) is 5.75 Å². The number of para-hydroxylation sites is 2. The number of hydrogen-bond donors (Lipinski definition) is 22. The van der Waals surface area contributed by atoms with Gasteiger partial charge in [0.05, 0.1) is 45.1 Å². The van der Waals surface area contributed by atoms with E-state index in [2.05, 4.69) is 52.0 Å². The van der Waals surface area contributed by atoms with Gasteiger partial charge in [0.15, 0.2) is 6.10 Å². The number of aliphatic hydroxyl groups is 1. The Labute approximate surface area is 621 Å². The van der Waals surface area contributed by atoms with Crippen LogP contribution < -0.4 is 64.4 Å². The first-order valence-electron chi connectivity index (χ1n) is 33.7. The molecule has 4 heterocycles. The predicted octanol–water partition coefficient (Wildman–Crippen LogP) is -5.36. The number of hydrogen-bond acceptors (Lipinski definition) is 24. The molecule has 5 aromatic rings. The van der Waals surface area contributed by atoms with E-state index in [0.29, 0.717) is 34.6 Å². The molecule has 23 N–H and O–H groups in total. The van der Waals surface area contributed by atoms with E-state index >= 15 is 14.4 Å². The van der Waals surface area contributed by atoms with E-state index in [1.54, 1.807) is 55.5 Å². The van der Waals surface area contributed by atoms with Gasteiger partial charge in [0.25, 0.3) is 5.91 Å². The van der Waals surface area contributed by atoms with Crippen molar-refractivity contribution >= 4 is 124 Å². The summed E-state index contributed by atoms with van der Waals surface area (Å²) in [5.74, 6) is -20.0. The van der Waals surface area contributed by atoms with Gasteiger partial charge in [0.1, 0.15) is 78.4 Å². The van der Waals surface area contributed by atoms with Crippen molar-refractivity contribution in [2.45, 2.75) is 156 Å². The molecule has 11 amide bonds. The van der Waals surface area contributed by atoms with Crippen LogP contribution in [-0.4, -0.2) is 244 Å². The fourth-order valence-electron chi connectivity index (χ4n) is 11.5. The molecule has 110 heavy (non-hydrogen) atoms. The van der Waals surface area contributed by atoms with E-state index in [1.165, 1.54) is 12.4 Å². The molecule has 2 fully saturated rings. The fourth-order valence-corrected chi connectivity index (χ4v) is 12.1. The number of aromatic amines is 2. The van der Waals surface area contributed by atoms with Gasteiger partial charge in [-0.1, -0.05) is 61.9 Å². The average molecular weight is 1570 g/mol. The number of H-pyrrole nitrogens is 2. The highest BCUT2D eigenvalue weighted by atomic mass is 31.2. The van der Waals surface area contributed by atoms with E-state index in [0.717, 1.165) is 31.2 Å². The quantitative estimate of drug-likeness (QED) is 0.0106. The van der Waals surface area contributed by atoms with Crippen LogP contribution in [0.3, 0.4) is 0 Å². The van der Waals surface area contributed by atoms with Gasteiger partial charge in [-0.2, -0.15) is 0 Å². The number of ether oxygens (including phenoxy) is 2. The molecular formula is C66H81N14O29P. The summed E-state index contributed by atoms with van der Waals surface area (Å²) >= 11 is 0. The molecule has 594 valence electrons. The van der Waals surface area contributed by atoms with Gasteiger partial charge in [0, 0.05) is 53.5 Å². The number of aromatic hydroxyl groups is 1. The van der Waals surface area contributed by atoms with Crippen LogP contribution in [0.2, 0.25) is 0 Å². The Bertz CT molecular complexity index is 4320. The number of aliphatic hydroxyl groups excluding tert-OH is 1. The molecule has 7 rings (SSSR count). The number of fused-ring (bicyclic) bond motifs is 2. The number of carboxylic acids is 4. The Balaban J connectivity index is 1.39. The summed E-state index contributed by atoms with van der Waals surface area (Å²) in [5.41, 5.74) is 1.01. The number of phenols is 1. The van der Waals surface area contributed by atoms with Crippen molar-refractivity contribution in [2.75, 3.05) is 19.8 Å². The van der Waals surface area contributed by atoms with E-state index in [-0.39, 0.29) is 16.7 Å². The Morgan fingerprint density at radius 3 is 1.65 bits per heavy atom. The molecule has 2 aliphatic heterocycles. The van der Waals surface area contributed by atoms with Crippen molar-refractivity contribution in [1.82, 2.24) is 68.5 Å². The summed E-state index contributed by atoms with van der Waals surface area (Å²) in [6.45, 7) is -0.977. The van der Waals surface area contributed by atoms with Crippen molar-refractivity contribution in [3.8, 4) is 5.75 Å². The highest BCUT2D eigenvalue weighted by Gasteiger charge is 2.46. The topological polar surface area (TPSA) is 682 Å². The smallest absolute Gasteiger partial charge is 0.470 e. The van der Waals surface area contributed by atoms with Crippen LogP contribution >= 0.6 is 7.82 Å². The molecule has 0 saturated carbocycles. The van der Waals surface area contributed by atoms with Gasteiger partial charge in [-0.25, -0.2) is 15.3 Å². The molecule has 2 aliphatic rings. The summed E-state index contributed by atoms with van der Waals surface area (Å²) in [7, 11) is -5.81. The molecule has 0 spiro atoms. The number of phenolic OH excluding ortho intramolecular Hbond substituents is 1. The number of carbonyl (C=O) groups is 16. The van der Waals surface area contributed by atoms with Crippen molar-refractivity contribution in [2.24, 2.45) is 5.90 Å². The highest BCUT2D eigenvalue weighted by Crippen LogP contribution is 2.38. The third kappa shape index (κ3) is 24.8. The van der Waals surface area contributed by atoms with Crippen LogP contribution in [0.15, 0.2) is 85.2 Å². The summed E-state index contributed by atoms with van der Waals surface area (Å²) in [4.78, 5) is 254. The number of phosphoric acid groups is 1. The molecule has 44 heteroatoms. The minimum Gasteiger partial charge on any atom is -0.508 e. The first-order valence-corrected chi connectivity index (χ1v) is 35.2. The number of nitrogens with two attached hydrogens (primary N) is 1. The van der Waals surface area contributed by atoms with Gasteiger partial charge in [-0.3, -0.25) is 76.4 Å². The normalized spacial score (nSPS) is 23.9. The summed E-state index contributed by atoms with van der Waals surface area (Å²) < 4.78 is 28.5. The summed E-state index contributed by atoms with van der Waals surface area (Å²) in [6, 6.07) is -5.63. The Morgan fingerprint density at radius 1 is 0.609 bits per heavy atom. The standard InChI is InChI=1S/C66H81N14O29P/c1-3-8-45-55(108-45)65(101)77-44(27-81)61(97)79-52-29(2)107-66(102)43(20-32-25-69-37-12-7-5-10-35(32)37)76-57(93)38(17-18-48(84)85)71-64(100)54(46(28-106-67)109-110(103,104)105)78-47(83)26-70-56(92)40(21-49(86)87)75-63(99)53(30-13-15-33(82)16-14-30)80-60(96)42(23-51(90)91)73-59(95)41(22-50(88)89)72-58(94)39(74-62(52)98)19-31-24-68-36-11-6-4-9-34(31)36/h4-7,9-16,24-25,29,38-46,52-55,68-69,81-82H,3,8,17-23,26-28,67H2,1-2H3,(H,70,92)(H,71,100)(H,72,94)(H,73,95)(H,74,98)(H,75,99)(H,76,93)(H,77,101)(H,78,83)(H,79,97)(H,80,96)(H,84,85)(H,86,87)(H,88,89)(H,90,91)(H2,103,104,105)/t29-,38+,39-,40+,41+,42+,43?,44+,45?,46-,52-,53+,54-,55?/m1/s1. The SMILES string of the molecule is CCCC1OC1C(=O)N[C@@H](CO)C(=O)N[C@H]1C(=O)N[C@H](Cc2c[nH]c3ccccc23)C(=O)N[C@@H](CC(=O)O)C(=O)N[C@@H](CC(=O)O)C(=O)N[C@@H](c2ccc(O)cc2)C(=O)N[C@@H](CC(=O)O)C(=O)NCC(=O)N[C@H]([C@@H](CON)OP(=O)(O)O)C(=O)N[C@@H](CCC(=O)O)C(=O)NC(Cc2c[nH]c3ccccc23)C(=O)O[C@@H]1C. The second kappa shape index (κ2) is 39.2. The predicted molar refractivity (Wildman–Crippen MR) is 370 cm³/mol. The van der Waals surface area contributed by atoms with Crippen molar-refractivity contribution in [3.63, 3.8) is 0 Å². The maximum Gasteiger partial charge on any atom is 0.470 e. The molecular weight excluding hydrogens is 1480 g/mol. The lowest BCUT2D eigenvalue weighted by molar-refractivity contribution is -0.156. The fraction of sp³-hybridized carbons (Fsp3) is 0.424. The second-order valence-electron chi connectivity index (χ2n) is 25.2. The van der Waals surface area contributed by atoms with E-state index in [9.17, 15) is 107 Å².